The molecule has 96 valence electrons. The molecule has 1 aliphatic rings. The lowest BCUT2D eigenvalue weighted by Crippen LogP contribution is -2.43. The molecule has 1 atom stereocenters. The van der Waals surface area contributed by atoms with Gasteiger partial charge in [0.05, 0.1) is 6.04 Å². The summed E-state index contributed by atoms with van der Waals surface area (Å²) in [6.45, 7) is 5.87. The van der Waals surface area contributed by atoms with Gasteiger partial charge in [-0.3, -0.25) is 9.69 Å². The van der Waals surface area contributed by atoms with Crippen molar-refractivity contribution in [1.82, 2.24) is 4.90 Å². The van der Waals surface area contributed by atoms with Crippen LogP contribution in [0.2, 0.25) is 0 Å². The molecular formula is C16H21NO. The minimum Gasteiger partial charge on any atom is -0.293 e. The van der Waals surface area contributed by atoms with Crippen molar-refractivity contribution in [3.05, 3.63) is 48.6 Å². The summed E-state index contributed by atoms with van der Waals surface area (Å²) in [5.41, 5.74) is 0.815. The van der Waals surface area contributed by atoms with Gasteiger partial charge in [0.2, 0.25) is 0 Å². The largest absolute Gasteiger partial charge is 0.293 e. The number of carbonyl (C=O) groups excluding carboxylic acids is 1. The lowest BCUT2D eigenvalue weighted by atomic mass is 9.98. The third-order valence-electron chi connectivity index (χ3n) is 3.58. The lowest BCUT2D eigenvalue weighted by molar-refractivity contribution is 0.0787. The highest BCUT2D eigenvalue weighted by Crippen LogP contribution is 2.18. The maximum absolute atomic E-state index is 12.5. The molecule has 1 aromatic rings. The topological polar surface area (TPSA) is 20.3 Å². The van der Waals surface area contributed by atoms with E-state index in [0.29, 0.717) is 0 Å². The maximum Gasteiger partial charge on any atom is 0.180 e. The van der Waals surface area contributed by atoms with Gasteiger partial charge < -0.3 is 0 Å². The Morgan fingerprint density at radius 2 is 1.89 bits per heavy atom. The van der Waals surface area contributed by atoms with Gasteiger partial charge in [0.1, 0.15) is 0 Å². The first-order chi connectivity index (χ1) is 8.83. The van der Waals surface area contributed by atoms with Crippen molar-refractivity contribution in [2.24, 2.45) is 0 Å². The summed E-state index contributed by atoms with van der Waals surface area (Å²) in [4.78, 5) is 14.9. The van der Waals surface area contributed by atoms with E-state index in [-0.39, 0.29) is 11.8 Å². The second-order valence-corrected chi connectivity index (χ2v) is 4.87. The number of nitrogens with zero attached hydrogens (tertiary/aromatic N) is 1. The molecule has 2 rings (SSSR count). The van der Waals surface area contributed by atoms with Crippen LogP contribution in [-0.2, 0) is 0 Å². The maximum atomic E-state index is 12.5. The molecule has 0 unspecified atom stereocenters. The minimum atomic E-state index is -0.0230. The zero-order valence-corrected chi connectivity index (χ0v) is 10.8. The second-order valence-electron chi connectivity index (χ2n) is 4.87. The zero-order valence-electron chi connectivity index (χ0n) is 10.8. The van der Waals surface area contributed by atoms with Crippen LogP contribution in [0.25, 0.3) is 0 Å². The molecule has 0 saturated carbocycles. The third-order valence-corrected chi connectivity index (χ3v) is 3.58. The summed E-state index contributed by atoms with van der Waals surface area (Å²) in [5.74, 6) is 0.234. The first kappa shape index (κ1) is 13.0. The summed E-state index contributed by atoms with van der Waals surface area (Å²) in [7, 11) is 0. The van der Waals surface area contributed by atoms with Gasteiger partial charge in [0.15, 0.2) is 5.78 Å². The van der Waals surface area contributed by atoms with Crippen molar-refractivity contribution < 1.29 is 4.79 Å². The van der Waals surface area contributed by atoms with E-state index >= 15 is 0 Å². The normalized spacial score (nSPS) is 18.2. The molecule has 0 N–H and O–H groups in total. The Morgan fingerprint density at radius 3 is 2.50 bits per heavy atom. The Morgan fingerprint density at radius 1 is 1.22 bits per heavy atom. The molecule has 0 aromatic heterocycles. The first-order valence-corrected chi connectivity index (χ1v) is 6.77. The Hall–Kier alpha value is -1.41. The van der Waals surface area contributed by atoms with E-state index in [4.69, 9.17) is 0 Å². The fourth-order valence-electron chi connectivity index (χ4n) is 2.60. The van der Waals surface area contributed by atoms with Crippen LogP contribution in [0.3, 0.4) is 0 Å². The molecule has 2 heteroatoms. The molecule has 1 aromatic carbocycles. The van der Waals surface area contributed by atoms with E-state index in [1.54, 1.807) is 0 Å². The number of ketones is 1. The van der Waals surface area contributed by atoms with Crippen LogP contribution in [0.4, 0.5) is 0 Å². The minimum absolute atomic E-state index is 0.0230. The number of rotatable bonds is 5. The predicted octanol–water partition coefficient (Wildman–Crippen LogP) is 3.30. The zero-order chi connectivity index (χ0) is 12.8. The third kappa shape index (κ3) is 3.08. The van der Waals surface area contributed by atoms with Gasteiger partial charge in [0, 0.05) is 5.56 Å². The quantitative estimate of drug-likeness (QED) is 0.584. The summed E-state index contributed by atoms with van der Waals surface area (Å²) in [6.07, 6.45) is 6.30. The fourth-order valence-corrected chi connectivity index (χ4v) is 2.60. The van der Waals surface area contributed by atoms with E-state index in [1.807, 2.05) is 36.4 Å². The smallest absolute Gasteiger partial charge is 0.180 e. The molecule has 18 heavy (non-hydrogen) atoms. The molecule has 1 fully saturated rings. The van der Waals surface area contributed by atoms with Crippen LogP contribution >= 0.6 is 0 Å². The molecule has 1 heterocycles. The van der Waals surface area contributed by atoms with Gasteiger partial charge in [-0.25, -0.2) is 0 Å². The molecule has 1 saturated heterocycles. The average molecular weight is 243 g/mol. The Kier molecular flexibility index (Phi) is 4.71. The Bertz CT molecular complexity index is 393. The van der Waals surface area contributed by atoms with E-state index in [1.165, 1.54) is 19.3 Å². The van der Waals surface area contributed by atoms with E-state index in [9.17, 15) is 4.79 Å². The Labute approximate surface area is 109 Å². The average Bonchev–Trinajstić information content (AvgIpc) is 2.46. The molecule has 0 amide bonds. The van der Waals surface area contributed by atoms with Gasteiger partial charge in [-0.05, 0) is 32.4 Å². The van der Waals surface area contributed by atoms with E-state index < -0.39 is 0 Å². The predicted molar refractivity (Wildman–Crippen MR) is 74.8 cm³/mol. The van der Waals surface area contributed by atoms with E-state index in [0.717, 1.165) is 25.1 Å². The van der Waals surface area contributed by atoms with Gasteiger partial charge in [-0.15, -0.1) is 6.58 Å². The molecule has 1 aliphatic heterocycles. The van der Waals surface area contributed by atoms with Gasteiger partial charge in [-0.2, -0.15) is 0 Å². The lowest BCUT2D eigenvalue weighted by Gasteiger charge is -2.33. The number of hydrogen-bond donors (Lipinski definition) is 0. The van der Waals surface area contributed by atoms with Crippen LogP contribution < -0.4 is 0 Å². The van der Waals surface area contributed by atoms with Crippen molar-refractivity contribution in [2.75, 3.05) is 13.1 Å². The second kappa shape index (κ2) is 6.50. The van der Waals surface area contributed by atoms with Crippen molar-refractivity contribution in [1.29, 1.82) is 0 Å². The van der Waals surface area contributed by atoms with E-state index in [2.05, 4.69) is 11.5 Å². The van der Waals surface area contributed by atoms with Crippen LogP contribution in [-0.4, -0.2) is 29.8 Å². The summed E-state index contributed by atoms with van der Waals surface area (Å²) in [5, 5.41) is 0. The number of Topliss-reactive ketones (excluding diaryl/α,β-unsaturated/α-hetero) is 1. The number of benzene rings is 1. The fraction of sp³-hybridized carbons (Fsp3) is 0.438. The standard InChI is InChI=1S/C16H21NO/c1-2-9-15(17-12-7-4-8-13-17)16(18)14-10-5-3-6-11-14/h2-3,5-6,10-11,15H,1,4,7-9,12-13H2/t15-/m0/s1. The summed E-state index contributed by atoms with van der Waals surface area (Å²) >= 11 is 0. The number of likely N-dealkylation sites (tertiary alicyclic amines) is 1. The number of hydrogen-bond acceptors (Lipinski definition) is 2. The highest BCUT2D eigenvalue weighted by Gasteiger charge is 2.26. The molecule has 0 spiro atoms. The summed E-state index contributed by atoms with van der Waals surface area (Å²) < 4.78 is 0. The van der Waals surface area contributed by atoms with Crippen LogP contribution in [0.15, 0.2) is 43.0 Å². The first-order valence-electron chi connectivity index (χ1n) is 6.77. The molecule has 0 bridgehead atoms. The molecule has 0 aliphatic carbocycles. The van der Waals surface area contributed by atoms with Crippen molar-refractivity contribution in [2.45, 2.75) is 31.7 Å². The monoisotopic (exact) mass is 243 g/mol. The highest BCUT2D eigenvalue weighted by molar-refractivity contribution is 6.00. The van der Waals surface area contributed by atoms with Crippen molar-refractivity contribution in [3.8, 4) is 0 Å². The van der Waals surface area contributed by atoms with Crippen molar-refractivity contribution in [3.63, 3.8) is 0 Å². The molecular weight excluding hydrogens is 222 g/mol. The van der Waals surface area contributed by atoms with Crippen LogP contribution in [0, 0.1) is 0 Å². The Balaban J connectivity index is 2.13. The summed E-state index contributed by atoms with van der Waals surface area (Å²) in [6, 6.07) is 9.58. The van der Waals surface area contributed by atoms with Crippen molar-refractivity contribution >= 4 is 5.78 Å². The van der Waals surface area contributed by atoms with Crippen LogP contribution in [0.5, 0.6) is 0 Å². The van der Waals surface area contributed by atoms with Crippen LogP contribution in [0.1, 0.15) is 36.0 Å². The highest BCUT2D eigenvalue weighted by atomic mass is 16.1. The molecule has 2 nitrogen and oxygen atoms in total. The SMILES string of the molecule is C=CC[C@@H](C(=O)c1ccccc1)N1CCCCC1. The van der Waals surface area contributed by atoms with Gasteiger partial charge in [0.25, 0.3) is 0 Å². The van der Waals surface area contributed by atoms with Gasteiger partial charge >= 0.3 is 0 Å². The van der Waals surface area contributed by atoms with Gasteiger partial charge in [-0.1, -0.05) is 42.8 Å². The number of carbonyl (C=O) groups is 1. The molecule has 0 radical (unpaired) electrons. The number of piperidine rings is 1.